The largest absolute Gasteiger partial charge is 0.496 e. The lowest BCUT2D eigenvalue weighted by Gasteiger charge is -2.37. The summed E-state index contributed by atoms with van der Waals surface area (Å²) in [4.78, 5) is 26.1. The maximum Gasteiger partial charge on any atom is 0.245 e. The highest BCUT2D eigenvalue weighted by molar-refractivity contribution is 9.10. The third kappa shape index (κ3) is 3.20. The molecule has 0 bridgehead atoms. The Morgan fingerprint density at radius 3 is 2.71 bits per heavy atom. The molecule has 2 amide bonds. The van der Waals surface area contributed by atoms with E-state index in [0.29, 0.717) is 18.7 Å². The number of nitrogens with one attached hydrogen (secondary N) is 1. The highest BCUT2D eigenvalue weighted by Crippen LogP contribution is 2.26. The number of methoxy groups -OCH3 is 1. The molecular weight excluding hydrogens is 336 g/mol. The molecule has 6 heteroatoms. The minimum atomic E-state index is -0.488. The Bertz CT molecular complexity index is 562. The maximum absolute atomic E-state index is 12.4. The van der Waals surface area contributed by atoms with Crippen LogP contribution in [-0.2, 0) is 16.1 Å². The Labute approximate surface area is 132 Å². The SMILES string of the molecule is CCC1C(=O)NC(C)C(=O)N1Cc1cc(Br)ccc1OC. The summed E-state index contributed by atoms with van der Waals surface area (Å²) < 4.78 is 6.25. The highest BCUT2D eigenvalue weighted by Gasteiger charge is 2.37. The lowest BCUT2D eigenvalue weighted by Crippen LogP contribution is -2.61. The average Bonchev–Trinajstić information content (AvgIpc) is 2.45. The van der Waals surface area contributed by atoms with Gasteiger partial charge in [-0.05, 0) is 31.5 Å². The number of hydrogen-bond acceptors (Lipinski definition) is 3. The standard InChI is InChI=1S/C15H19BrN2O3/c1-4-12-14(19)17-9(2)15(20)18(12)8-10-7-11(16)5-6-13(10)21-3/h5-7,9,12H,4,8H2,1-3H3,(H,17,19). The molecule has 0 spiro atoms. The van der Waals surface area contributed by atoms with Crippen molar-refractivity contribution in [3.05, 3.63) is 28.2 Å². The van der Waals surface area contributed by atoms with Crippen molar-refractivity contribution in [2.24, 2.45) is 0 Å². The zero-order valence-corrected chi connectivity index (χ0v) is 13.9. The van der Waals surface area contributed by atoms with Gasteiger partial charge in [0.2, 0.25) is 11.8 Å². The van der Waals surface area contributed by atoms with Crippen LogP contribution in [0.1, 0.15) is 25.8 Å². The fourth-order valence-corrected chi connectivity index (χ4v) is 2.97. The summed E-state index contributed by atoms with van der Waals surface area (Å²) in [5.41, 5.74) is 0.876. The molecule has 1 saturated heterocycles. The van der Waals surface area contributed by atoms with Gasteiger partial charge in [-0.3, -0.25) is 9.59 Å². The smallest absolute Gasteiger partial charge is 0.245 e. The molecule has 2 atom stereocenters. The average molecular weight is 355 g/mol. The van der Waals surface area contributed by atoms with E-state index in [0.717, 1.165) is 10.0 Å². The van der Waals surface area contributed by atoms with Gasteiger partial charge in [0.1, 0.15) is 17.8 Å². The van der Waals surface area contributed by atoms with Gasteiger partial charge >= 0.3 is 0 Å². The normalized spacial score (nSPS) is 22.2. The minimum Gasteiger partial charge on any atom is -0.496 e. The summed E-state index contributed by atoms with van der Waals surface area (Å²) in [5, 5.41) is 2.72. The number of rotatable bonds is 4. The van der Waals surface area contributed by atoms with E-state index in [9.17, 15) is 9.59 Å². The van der Waals surface area contributed by atoms with E-state index in [-0.39, 0.29) is 11.8 Å². The van der Waals surface area contributed by atoms with Crippen LogP contribution in [0.5, 0.6) is 5.75 Å². The van der Waals surface area contributed by atoms with Crippen LogP contribution in [0.25, 0.3) is 0 Å². The number of benzene rings is 1. The molecule has 1 aliphatic heterocycles. The third-order valence-electron chi connectivity index (χ3n) is 3.66. The zero-order chi connectivity index (χ0) is 15.6. The summed E-state index contributed by atoms with van der Waals surface area (Å²) in [5.74, 6) is 0.543. The molecular formula is C15H19BrN2O3. The number of ether oxygens (including phenoxy) is 1. The predicted molar refractivity (Wildman–Crippen MR) is 82.9 cm³/mol. The van der Waals surface area contributed by atoms with Crippen LogP contribution in [0, 0.1) is 0 Å². The fourth-order valence-electron chi connectivity index (χ4n) is 2.56. The molecule has 1 aromatic carbocycles. The third-order valence-corrected chi connectivity index (χ3v) is 4.15. The summed E-state index contributed by atoms with van der Waals surface area (Å²) in [6.45, 7) is 3.97. The van der Waals surface area contributed by atoms with E-state index in [2.05, 4.69) is 21.2 Å². The molecule has 1 N–H and O–H groups in total. The zero-order valence-electron chi connectivity index (χ0n) is 12.4. The summed E-state index contributed by atoms with van der Waals surface area (Å²) in [6, 6.07) is 4.72. The van der Waals surface area contributed by atoms with Crippen LogP contribution >= 0.6 is 15.9 Å². The molecule has 0 aromatic heterocycles. The second kappa shape index (κ2) is 6.47. The van der Waals surface area contributed by atoms with Crippen molar-refractivity contribution in [2.45, 2.75) is 38.9 Å². The van der Waals surface area contributed by atoms with Gasteiger partial charge in [-0.1, -0.05) is 22.9 Å². The van der Waals surface area contributed by atoms with Gasteiger partial charge in [-0.15, -0.1) is 0 Å². The van der Waals surface area contributed by atoms with Crippen LogP contribution < -0.4 is 10.1 Å². The Balaban J connectivity index is 2.32. The first-order valence-corrected chi connectivity index (χ1v) is 7.70. The molecule has 1 aromatic rings. The predicted octanol–water partition coefficient (Wildman–Crippen LogP) is 2.08. The lowest BCUT2D eigenvalue weighted by molar-refractivity contribution is -0.149. The second-order valence-electron chi connectivity index (χ2n) is 5.08. The Kier molecular flexibility index (Phi) is 4.88. The van der Waals surface area contributed by atoms with Crippen molar-refractivity contribution in [2.75, 3.05) is 7.11 Å². The lowest BCUT2D eigenvalue weighted by atomic mass is 10.0. The van der Waals surface area contributed by atoms with Crippen molar-refractivity contribution in [1.29, 1.82) is 0 Å². The highest BCUT2D eigenvalue weighted by atomic mass is 79.9. The van der Waals surface area contributed by atoms with Gasteiger partial charge in [0.05, 0.1) is 13.7 Å². The number of carbonyl (C=O) groups is 2. The van der Waals surface area contributed by atoms with Crippen LogP contribution in [0.2, 0.25) is 0 Å². The van der Waals surface area contributed by atoms with E-state index in [1.807, 2.05) is 25.1 Å². The Hall–Kier alpha value is -1.56. The number of carbonyl (C=O) groups excluding carboxylic acids is 2. The first-order chi connectivity index (χ1) is 9.97. The molecule has 2 rings (SSSR count). The first-order valence-electron chi connectivity index (χ1n) is 6.91. The topological polar surface area (TPSA) is 58.6 Å². The first kappa shape index (κ1) is 15.8. The molecule has 2 unspecified atom stereocenters. The van der Waals surface area contributed by atoms with Crippen LogP contribution in [0.15, 0.2) is 22.7 Å². The minimum absolute atomic E-state index is 0.0662. The summed E-state index contributed by atoms with van der Waals surface area (Å²) in [6.07, 6.45) is 0.584. The van der Waals surface area contributed by atoms with Crippen LogP contribution in [0.4, 0.5) is 0 Å². The number of piperazine rings is 1. The van der Waals surface area contributed by atoms with Crippen molar-refractivity contribution < 1.29 is 14.3 Å². The van der Waals surface area contributed by atoms with Crippen LogP contribution in [0.3, 0.4) is 0 Å². The molecule has 0 saturated carbocycles. The summed E-state index contributed by atoms with van der Waals surface area (Å²) in [7, 11) is 1.59. The number of nitrogens with zero attached hydrogens (tertiary/aromatic N) is 1. The Morgan fingerprint density at radius 1 is 1.38 bits per heavy atom. The van der Waals surface area contributed by atoms with Gasteiger partial charge in [0.15, 0.2) is 0 Å². The van der Waals surface area contributed by atoms with Crippen molar-refractivity contribution in [1.82, 2.24) is 10.2 Å². The van der Waals surface area contributed by atoms with Crippen LogP contribution in [-0.4, -0.2) is 35.9 Å². The number of halogens is 1. The monoisotopic (exact) mass is 354 g/mol. The molecule has 1 heterocycles. The van der Waals surface area contributed by atoms with Gasteiger partial charge in [-0.25, -0.2) is 0 Å². The van der Waals surface area contributed by atoms with Crippen molar-refractivity contribution in [3.8, 4) is 5.75 Å². The quantitative estimate of drug-likeness (QED) is 0.900. The molecule has 0 radical (unpaired) electrons. The van der Waals surface area contributed by atoms with Crippen molar-refractivity contribution in [3.63, 3.8) is 0 Å². The molecule has 1 aliphatic rings. The van der Waals surface area contributed by atoms with E-state index in [1.165, 1.54) is 0 Å². The van der Waals surface area contributed by atoms with E-state index < -0.39 is 12.1 Å². The molecule has 21 heavy (non-hydrogen) atoms. The Morgan fingerprint density at radius 2 is 2.10 bits per heavy atom. The molecule has 0 aliphatic carbocycles. The number of hydrogen-bond donors (Lipinski definition) is 1. The van der Waals surface area contributed by atoms with Gasteiger partial charge in [0.25, 0.3) is 0 Å². The fraction of sp³-hybridized carbons (Fsp3) is 0.467. The van der Waals surface area contributed by atoms with Crippen molar-refractivity contribution >= 4 is 27.7 Å². The van der Waals surface area contributed by atoms with Gasteiger partial charge in [0, 0.05) is 10.0 Å². The second-order valence-corrected chi connectivity index (χ2v) is 5.99. The molecule has 1 fully saturated rings. The van der Waals surface area contributed by atoms with Gasteiger partial charge < -0.3 is 15.0 Å². The van der Waals surface area contributed by atoms with E-state index in [4.69, 9.17) is 4.74 Å². The number of amides is 2. The van der Waals surface area contributed by atoms with E-state index >= 15 is 0 Å². The molecule has 5 nitrogen and oxygen atoms in total. The van der Waals surface area contributed by atoms with Gasteiger partial charge in [-0.2, -0.15) is 0 Å². The molecule has 114 valence electrons. The maximum atomic E-state index is 12.4. The summed E-state index contributed by atoms with van der Waals surface area (Å²) >= 11 is 3.42. The van der Waals surface area contributed by atoms with E-state index in [1.54, 1.807) is 18.9 Å².